The first-order chi connectivity index (χ1) is 8.24. The van der Waals surface area contributed by atoms with E-state index in [2.05, 4.69) is 22.6 Å². The van der Waals surface area contributed by atoms with E-state index in [1.165, 1.54) is 4.88 Å². The molecule has 0 unspecified atom stereocenters. The molecule has 0 fully saturated rings. The van der Waals surface area contributed by atoms with Crippen LogP contribution < -0.4 is 0 Å². The molecule has 90 valence electrons. The summed E-state index contributed by atoms with van der Waals surface area (Å²) in [7, 11) is 1.87. The van der Waals surface area contributed by atoms with Crippen LogP contribution in [0.5, 0.6) is 0 Å². The molecule has 0 N–H and O–H groups in total. The second-order valence-electron chi connectivity index (χ2n) is 4.13. The van der Waals surface area contributed by atoms with Gasteiger partial charge in [-0.15, -0.1) is 11.3 Å². The predicted molar refractivity (Wildman–Crippen MR) is 69.2 cm³/mol. The van der Waals surface area contributed by atoms with E-state index in [1.807, 2.05) is 19.3 Å². The van der Waals surface area contributed by atoms with Crippen LogP contribution in [0, 0.1) is 0 Å². The lowest BCUT2D eigenvalue weighted by atomic mass is 10.1. The highest BCUT2D eigenvalue weighted by atomic mass is 32.1. The highest BCUT2D eigenvalue weighted by molar-refractivity contribution is 7.09. The lowest BCUT2D eigenvalue weighted by Gasteiger charge is -1.98. The highest BCUT2D eigenvalue weighted by Gasteiger charge is 2.06. The smallest absolute Gasteiger partial charge is 0.138 e. The molecule has 0 spiro atoms. The van der Waals surface area contributed by atoms with Crippen LogP contribution in [0.1, 0.15) is 23.4 Å². The molecule has 2 heterocycles. The van der Waals surface area contributed by atoms with Gasteiger partial charge in [0.1, 0.15) is 5.78 Å². The standard InChI is InChI=1S/C13H16N2OS/c1-15-8-7-11(14-15)10-12(16)4-2-5-13-6-3-9-17-13/h3,6-9H,2,4-5,10H2,1H3. The van der Waals surface area contributed by atoms with Gasteiger partial charge in [0.15, 0.2) is 0 Å². The number of rotatable bonds is 6. The fraction of sp³-hybridized carbons (Fsp3) is 0.385. The van der Waals surface area contributed by atoms with E-state index in [9.17, 15) is 4.79 Å². The molecule has 0 aliphatic rings. The van der Waals surface area contributed by atoms with E-state index in [1.54, 1.807) is 16.0 Å². The van der Waals surface area contributed by atoms with Crippen molar-refractivity contribution in [1.29, 1.82) is 0 Å². The molecule has 0 amide bonds. The first-order valence-corrected chi connectivity index (χ1v) is 6.64. The van der Waals surface area contributed by atoms with Crippen LogP contribution >= 0.6 is 11.3 Å². The van der Waals surface area contributed by atoms with Crippen LogP contribution in [0.4, 0.5) is 0 Å². The van der Waals surface area contributed by atoms with Crippen LogP contribution in [0.3, 0.4) is 0 Å². The van der Waals surface area contributed by atoms with Gasteiger partial charge in [0.25, 0.3) is 0 Å². The molecule has 4 heteroatoms. The van der Waals surface area contributed by atoms with Gasteiger partial charge in [0.05, 0.1) is 12.1 Å². The van der Waals surface area contributed by atoms with E-state index >= 15 is 0 Å². The fourth-order valence-electron chi connectivity index (χ4n) is 1.76. The SMILES string of the molecule is Cn1ccc(CC(=O)CCCc2cccs2)n1. The van der Waals surface area contributed by atoms with Crippen LogP contribution in [0.2, 0.25) is 0 Å². The zero-order chi connectivity index (χ0) is 12.1. The van der Waals surface area contributed by atoms with Crippen molar-refractivity contribution in [2.24, 2.45) is 7.05 Å². The van der Waals surface area contributed by atoms with E-state index < -0.39 is 0 Å². The maximum absolute atomic E-state index is 11.7. The number of Topliss-reactive ketones (excluding diaryl/α,β-unsaturated/α-hetero) is 1. The van der Waals surface area contributed by atoms with Crippen LogP contribution in [0.15, 0.2) is 29.8 Å². The number of hydrogen-bond donors (Lipinski definition) is 0. The van der Waals surface area contributed by atoms with Gasteiger partial charge >= 0.3 is 0 Å². The Kier molecular flexibility index (Phi) is 4.09. The average Bonchev–Trinajstić information content (AvgIpc) is 2.90. The lowest BCUT2D eigenvalue weighted by Crippen LogP contribution is -2.04. The summed E-state index contributed by atoms with van der Waals surface area (Å²) in [6, 6.07) is 6.07. The molecule has 0 atom stereocenters. The summed E-state index contributed by atoms with van der Waals surface area (Å²) in [5.74, 6) is 0.278. The summed E-state index contributed by atoms with van der Waals surface area (Å²) in [6.45, 7) is 0. The summed E-state index contributed by atoms with van der Waals surface area (Å²) >= 11 is 1.75. The molecule has 3 nitrogen and oxygen atoms in total. The summed E-state index contributed by atoms with van der Waals surface area (Å²) in [6.07, 6.45) is 4.92. The molecule has 2 aromatic rings. The fourth-order valence-corrected chi connectivity index (χ4v) is 2.51. The van der Waals surface area contributed by atoms with Crippen molar-refractivity contribution < 1.29 is 4.79 Å². The predicted octanol–water partition coefficient (Wildman–Crippen LogP) is 2.62. The Bertz CT molecular complexity index is 473. The van der Waals surface area contributed by atoms with Crippen LogP contribution in [-0.2, 0) is 24.7 Å². The van der Waals surface area contributed by atoms with Crippen molar-refractivity contribution >= 4 is 17.1 Å². The molecule has 17 heavy (non-hydrogen) atoms. The van der Waals surface area contributed by atoms with E-state index in [-0.39, 0.29) is 5.78 Å². The summed E-state index contributed by atoms with van der Waals surface area (Å²) in [5, 5.41) is 6.28. The number of aromatic nitrogens is 2. The van der Waals surface area contributed by atoms with Crippen molar-refractivity contribution in [2.45, 2.75) is 25.7 Å². The second kappa shape index (κ2) is 5.77. The molecule has 0 aliphatic carbocycles. The van der Waals surface area contributed by atoms with Crippen molar-refractivity contribution in [3.63, 3.8) is 0 Å². The number of ketones is 1. The number of carbonyl (C=O) groups is 1. The van der Waals surface area contributed by atoms with Gasteiger partial charge in [0.2, 0.25) is 0 Å². The minimum Gasteiger partial charge on any atom is -0.299 e. The molecule has 2 rings (SSSR count). The van der Waals surface area contributed by atoms with Crippen molar-refractivity contribution in [2.75, 3.05) is 0 Å². The van der Waals surface area contributed by atoms with Gasteiger partial charge in [-0.25, -0.2) is 0 Å². The van der Waals surface area contributed by atoms with E-state index in [0.717, 1.165) is 18.5 Å². The molecule has 2 aromatic heterocycles. The Balaban J connectivity index is 1.71. The Hall–Kier alpha value is -1.42. The van der Waals surface area contributed by atoms with Crippen molar-refractivity contribution in [3.8, 4) is 0 Å². The van der Waals surface area contributed by atoms with Crippen LogP contribution in [0.25, 0.3) is 0 Å². The third kappa shape index (κ3) is 3.82. The summed E-state index contributed by atoms with van der Waals surface area (Å²) in [4.78, 5) is 13.1. The van der Waals surface area contributed by atoms with Gasteiger partial charge in [-0.1, -0.05) is 6.07 Å². The zero-order valence-electron chi connectivity index (χ0n) is 9.93. The van der Waals surface area contributed by atoms with Crippen molar-refractivity contribution in [1.82, 2.24) is 9.78 Å². The number of hydrogen-bond acceptors (Lipinski definition) is 3. The Morgan fingerprint density at radius 2 is 2.35 bits per heavy atom. The normalized spacial score (nSPS) is 10.6. The number of carbonyl (C=O) groups excluding carboxylic acids is 1. The molecular formula is C13H16N2OS. The van der Waals surface area contributed by atoms with Gasteiger partial charge in [0, 0.05) is 24.5 Å². The monoisotopic (exact) mass is 248 g/mol. The lowest BCUT2D eigenvalue weighted by molar-refractivity contribution is -0.118. The minimum absolute atomic E-state index is 0.278. The first kappa shape index (κ1) is 12.0. The summed E-state index contributed by atoms with van der Waals surface area (Å²) < 4.78 is 1.73. The van der Waals surface area contributed by atoms with E-state index in [4.69, 9.17) is 0 Å². The Morgan fingerprint density at radius 1 is 1.47 bits per heavy atom. The maximum Gasteiger partial charge on any atom is 0.138 e. The van der Waals surface area contributed by atoms with Gasteiger partial charge < -0.3 is 0 Å². The third-order valence-corrected chi connectivity index (χ3v) is 3.54. The van der Waals surface area contributed by atoms with E-state index in [0.29, 0.717) is 12.8 Å². The summed E-state index contributed by atoms with van der Waals surface area (Å²) in [5.41, 5.74) is 0.869. The zero-order valence-corrected chi connectivity index (χ0v) is 10.7. The third-order valence-electron chi connectivity index (χ3n) is 2.61. The van der Waals surface area contributed by atoms with Crippen LogP contribution in [-0.4, -0.2) is 15.6 Å². The van der Waals surface area contributed by atoms with Gasteiger partial charge in [-0.05, 0) is 30.4 Å². The molecular weight excluding hydrogens is 232 g/mol. The van der Waals surface area contributed by atoms with Crippen molar-refractivity contribution in [3.05, 3.63) is 40.3 Å². The Labute approximate surface area is 105 Å². The second-order valence-corrected chi connectivity index (χ2v) is 5.16. The molecule has 0 saturated carbocycles. The average molecular weight is 248 g/mol. The molecule has 0 bridgehead atoms. The highest BCUT2D eigenvalue weighted by Crippen LogP contribution is 2.12. The number of aryl methyl sites for hydroxylation is 2. The topological polar surface area (TPSA) is 34.9 Å². The maximum atomic E-state index is 11.7. The van der Waals surface area contributed by atoms with Gasteiger partial charge in [-0.2, -0.15) is 5.10 Å². The molecule has 0 saturated heterocycles. The number of thiophene rings is 1. The number of nitrogens with zero attached hydrogens (tertiary/aromatic N) is 2. The Morgan fingerprint density at radius 3 is 3.00 bits per heavy atom. The largest absolute Gasteiger partial charge is 0.299 e. The minimum atomic E-state index is 0.278. The molecule has 0 aliphatic heterocycles. The quantitative estimate of drug-likeness (QED) is 0.787. The molecule has 0 aromatic carbocycles. The first-order valence-electron chi connectivity index (χ1n) is 5.76. The van der Waals surface area contributed by atoms with Gasteiger partial charge in [-0.3, -0.25) is 9.48 Å². The molecule has 0 radical (unpaired) electrons.